The van der Waals surface area contributed by atoms with Crippen LogP contribution in [0, 0.1) is 12.8 Å². The van der Waals surface area contributed by atoms with Gasteiger partial charge in [0.05, 0.1) is 4.90 Å². The van der Waals surface area contributed by atoms with Crippen LogP contribution in [-0.2, 0) is 10.0 Å². The predicted molar refractivity (Wildman–Crippen MR) is 74.9 cm³/mol. The third kappa shape index (κ3) is 4.31. The topological polar surface area (TPSA) is 72.2 Å². The number of nitrogens with two attached hydrogens (primary N) is 1. The van der Waals surface area contributed by atoms with Gasteiger partial charge in [-0.15, -0.1) is 0 Å². The van der Waals surface area contributed by atoms with Gasteiger partial charge in [0.1, 0.15) is 0 Å². The van der Waals surface area contributed by atoms with Gasteiger partial charge in [-0.1, -0.05) is 13.8 Å². The SMILES string of the molecule is Cc1cc(S(=O)(=O)NCCCC(C)C)ccc1N. The van der Waals surface area contributed by atoms with Crippen LogP contribution in [-0.4, -0.2) is 15.0 Å². The van der Waals surface area contributed by atoms with Crippen molar-refractivity contribution in [3.05, 3.63) is 23.8 Å². The van der Waals surface area contributed by atoms with E-state index in [9.17, 15) is 8.42 Å². The normalized spacial score (nSPS) is 12.0. The molecule has 1 rings (SSSR count). The van der Waals surface area contributed by atoms with Crippen LogP contribution in [0.5, 0.6) is 0 Å². The first-order valence-electron chi connectivity index (χ1n) is 6.18. The number of aryl methyl sites for hydroxylation is 1. The first kappa shape index (κ1) is 15.0. The minimum Gasteiger partial charge on any atom is -0.399 e. The van der Waals surface area contributed by atoms with Crippen molar-refractivity contribution in [2.45, 2.75) is 38.5 Å². The molecule has 1 aromatic carbocycles. The van der Waals surface area contributed by atoms with Crippen molar-refractivity contribution in [1.29, 1.82) is 0 Å². The van der Waals surface area contributed by atoms with E-state index in [2.05, 4.69) is 18.6 Å². The zero-order valence-electron chi connectivity index (χ0n) is 11.2. The fraction of sp³-hybridized carbons (Fsp3) is 0.538. The highest BCUT2D eigenvalue weighted by molar-refractivity contribution is 7.89. The molecule has 0 saturated carbocycles. The van der Waals surface area contributed by atoms with Gasteiger partial charge in [0.25, 0.3) is 0 Å². The Bertz CT molecular complexity index is 496. The van der Waals surface area contributed by atoms with E-state index >= 15 is 0 Å². The molecule has 0 aliphatic rings. The van der Waals surface area contributed by atoms with E-state index in [1.807, 2.05) is 0 Å². The van der Waals surface area contributed by atoms with Gasteiger partial charge in [0, 0.05) is 12.2 Å². The Labute approximate surface area is 110 Å². The average Bonchev–Trinajstić information content (AvgIpc) is 2.28. The standard InChI is InChI=1S/C13H22N2O2S/c1-10(2)5-4-8-15-18(16,17)12-6-7-13(14)11(3)9-12/h6-7,9-10,15H,4-5,8,14H2,1-3H3. The molecule has 0 amide bonds. The molecule has 0 aromatic heterocycles. The van der Waals surface area contributed by atoms with Crippen LogP contribution in [0.4, 0.5) is 5.69 Å². The van der Waals surface area contributed by atoms with Gasteiger partial charge < -0.3 is 5.73 Å². The third-order valence-corrected chi connectivity index (χ3v) is 4.26. The molecular formula is C13H22N2O2S. The number of hydrogen-bond acceptors (Lipinski definition) is 3. The number of nitrogen functional groups attached to an aromatic ring is 1. The Morgan fingerprint density at radius 2 is 2.00 bits per heavy atom. The summed E-state index contributed by atoms with van der Waals surface area (Å²) in [7, 11) is -3.40. The molecule has 0 unspecified atom stereocenters. The molecule has 0 radical (unpaired) electrons. The number of sulfonamides is 1. The Morgan fingerprint density at radius 1 is 1.33 bits per heavy atom. The van der Waals surface area contributed by atoms with Gasteiger partial charge >= 0.3 is 0 Å². The lowest BCUT2D eigenvalue weighted by molar-refractivity contribution is 0.540. The average molecular weight is 270 g/mol. The summed E-state index contributed by atoms with van der Waals surface area (Å²) in [6, 6.07) is 4.76. The van der Waals surface area contributed by atoms with E-state index in [0.717, 1.165) is 18.4 Å². The minimum atomic E-state index is -3.40. The number of nitrogens with one attached hydrogen (secondary N) is 1. The Balaban J connectivity index is 2.66. The van der Waals surface area contributed by atoms with Crippen molar-refractivity contribution in [2.24, 2.45) is 5.92 Å². The predicted octanol–water partition coefficient (Wildman–Crippen LogP) is 2.29. The molecule has 0 atom stereocenters. The molecule has 0 fully saturated rings. The van der Waals surface area contributed by atoms with E-state index in [4.69, 9.17) is 5.73 Å². The Morgan fingerprint density at radius 3 is 2.56 bits per heavy atom. The summed E-state index contributed by atoms with van der Waals surface area (Å²) in [6.45, 7) is 6.52. The van der Waals surface area contributed by atoms with Crippen molar-refractivity contribution >= 4 is 15.7 Å². The van der Waals surface area contributed by atoms with Crippen LogP contribution in [0.3, 0.4) is 0 Å². The smallest absolute Gasteiger partial charge is 0.240 e. The number of rotatable bonds is 6. The van der Waals surface area contributed by atoms with E-state index < -0.39 is 10.0 Å². The largest absolute Gasteiger partial charge is 0.399 e. The minimum absolute atomic E-state index is 0.277. The zero-order valence-corrected chi connectivity index (χ0v) is 12.0. The van der Waals surface area contributed by atoms with Gasteiger partial charge in [-0.3, -0.25) is 0 Å². The van der Waals surface area contributed by atoms with Crippen LogP contribution in [0.2, 0.25) is 0 Å². The molecule has 0 bridgehead atoms. The molecular weight excluding hydrogens is 248 g/mol. The molecule has 0 aliphatic heterocycles. The van der Waals surface area contributed by atoms with Crippen LogP contribution in [0.15, 0.2) is 23.1 Å². The quantitative estimate of drug-likeness (QED) is 0.615. The molecule has 3 N–H and O–H groups in total. The monoisotopic (exact) mass is 270 g/mol. The summed E-state index contributed by atoms with van der Waals surface area (Å²) in [4.78, 5) is 0.277. The molecule has 0 saturated heterocycles. The lowest BCUT2D eigenvalue weighted by atomic mass is 10.1. The second-order valence-electron chi connectivity index (χ2n) is 4.95. The van der Waals surface area contributed by atoms with Gasteiger partial charge in [-0.05, 0) is 49.4 Å². The highest BCUT2D eigenvalue weighted by Crippen LogP contribution is 2.16. The van der Waals surface area contributed by atoms with Crippen molar-refractivity contribution in [3.63, 3.8) is 0 Å². The summed E-state index contributed by atoms with van der Waals surface area (Å²) < 4.78 is 26.6. The molecule has 102 valence electrons. The molecule has 0 heterocycles. The molecule has 0 aliphatic carbocycles. The lowest BCUT2D eigenvalue weighted by Gasteiger charge is -2.09. The fourth-order valence-electron chi connectivity index (χ4n) is 1.62. The van der Waals surface area contributed by atoms with Gasteiger partial charge in [-0.25, -0.2) is 13.1 Å². The lowest BCUT2D eigenvalue weighted by Crippen LogP contribution is -2.25. The van der Waals surface area contributed by atoms with Crippen molar-refractivity contribution in [3.8, 4) is 0 Å². The van der Waals surface area contributed by atoms with Gasteiger partial charge in [0.15, 0.2) is 0 Å². The van der Waals surface area contributed by atoms with Gasteiger partial charge in [-0.2, -0.15) is 0 Å². The Hall–Kier alpha value is -1.07. The highest BCUT2D eigenvalue weighted by Gasteiger charge is 2.13. The number of hydrogen-bond donors (Lipinski definition) is 2. The summed E-state index contributed by atoms with van der Waals surface area (Å²) >= 11 is 0. The zero-order chi connectivity index (χ0) is 13.8. The number of anilines is 1. The maximum atomic E-state index is 12.0. The van der Waals surface area contributed by atoms with E-state index in [-0.39, 0.29) is 4.90 Å². The van der Waals surface area contributed by atoms with Crippen LogP contribution < -0.4 is 10.5 Å². The summed E-state index contributed by atoms with van der Waals surface area (Å²) in [5.74, 6) is 0.591. The second kappa shape index (κ2) is 6.20. The van der Waals surface area contributed by atoms with E-state index in [1.54, 1.807) is 19.1 Å². The molecule has 0 spiro atoms. The maximum Gasteiger partial charge on any atom is 0.240 e. The third-order valence-electron chi connectivity index (χ3n) is 2.80. The molecule has 1 aromatic rings. The first-order chi connectivity index (χ1) is 8.33. The summed E-state index contributed by atoms with van der Waals surface area (Å²) in [5, 5.41) is 0. The summed E-state index contributed by atoms with van der Waals surface area (Å²) in [6.07, 6.45) is 1.87. The van der Waals surface area contributed by atoms with Crippen LogP contribution in [0.25, 0.3) is 0 Å². The second-order valence-corrected chi connectivity index (χ2v) is 6.72. The molecule has 18 heavy (non-hydrogen) atoms. The van der Waals surface area contributed by atoms with Gasteiger partial charge in [0.2, 0.25) is 10.0 Å². The van der Waals surface area contributed by atoms with Crippen molar-refractivity contribution < 1.29 is 8.42 Å². The summed E-state index contributed by atoms with van der Waals surface area (Å²) in [5.41, 5.74) is 7.05. The molecule has 4 nitrogen and oxygen atoms in total. The Kier molecular flexibility index (Phi) is 5.16. The maximum absolute atomic E-state index is 12.0. The van der Waals surface area contributed by atoms with Crippen molar-refractivity contribution in [2.75, 3.05) is 12.3 Å². The van der Waals surface area contributed by atoms with E-state index in [0.29, 0.717) is 18.2 Å². The van der Waals surface area contributed by atoms with Crippen LogP contribution in [0.1, 0.15) is 32.3 Å². The highest BCUT2D eigenvalue weighted by atomic mass is 32.2. The number of benzene rings is 1. The fourth-order valence-corrected chi connectivity index (χ4v) is 2.77. The van der Waals surface area contributed by atoms with Crippen molar-refractivity contribution in [1.82, 2.24) is 4.72 Å². The first-order valence-corrected chi connectivity index (χ1v) is 7.67. The molecule has 5 heteroatoms. The van der Waals surface area contributed by atoms with Crippen LogP contribution >= 0.6 is 0 Å². The van der Waals surface area contributed by atoms with E-state index in [1.165, 1.54) is 6.07 Å².